The molecule has 1 aliphatic rings. The van der Waals surface area contributed by atoms with Crippen LogP contribution >= 0.6 is 0 Å². The summed E-state index contributed by atoms with van der Waals surface area (Å²) in [6, 6.07) is 16.0. The van der Waals surface area contributed by atoms with Crippen molar-refractivity contribution in [1.29, 1.82) is 0 Å². The molecule has 6 heteroatoms. The molecule has 180 valence electrons. The number of aromatic amines is 1. The Morgan fingerprint density at radius 2 is 1.74 bits per heavy atom. The first-order chi connectivity index (χ1) is 17.1. The molecule has 0 bridgehead atoms. The highest BCUT2D eigenvalue weighted by atomic mass is 16.5. The predicted octanol–water partition coefficient (Wildman–Crippen LogP) is 6.43. The third-order valence-electron chi connectivity index (χ3n) is 6.16. The van der Waals surface area contributed by atoms with E-state index in [4.69, 9.17) is 4.74 Å². The van der Waals surface area contributed by atoms with Crippen LogP contribution in [-0.4, -0.2) is 25.6 Å². The Morgan fingerprint density at radius 1 is 0.943 bits per heavy atom. The lowest BCUT2D eigenvalue weighted by atomic mass is 9.96. The Labute approximate surface area is 205 Å². The van der Waals surface area contributed by atoms with Crippen molar-refractivity contribution in [2.45, 2.75) is 46.1 Å². The molecule has 0 radical (unpaired) electrons. The molecule has 1 saturated carbocycles. The fraction of sp³-hybridized carbons (Fsp3) is 0.276. The van der Waals surface area contributed by atoms with Gasteiger partial charge < -0.3 is 14.3 Å². The zero-order chi connectivity index (χ0) is 24.8. The van der Waals surface area contributed by atoms with Gasteiger partial charge in [-0.05, 0) is 55.5 Å². The third kappa shape index (κ3) is 5.43. The highest BCUT2D eigenvalue weighted by molar-refractivity contribution is 6.08. The maximum Gasteiger partial charge on any atom is 0.247 e. The number of nitrogens with zero attached hydrogens (tertiary/aromatic N) is 3. The zero-order valence-corrected chi connectivity index (χ0v) is 20.8. The quantitative estimate of drug-likeness (QED) is 0.331. The van der Waals surface area contributed by atoms with Gasteiger partial charge in [0.1, 0.15) is 6.10 Å². The number of aromatic nitrogens is 4. The summed E-state index contributed by atoms with van der Waals surface area (Å²) in [5, 5.41) is 2.42. The van der Waals surface area contributed by atoms with E-state index in [1.807, 2.05) is 45.4 Å². The fourth-order valence-corrected chi connectivity index (χ4v) is 4.00. The summed E-state index contributed by atoms with van der Waals surface area (Å²) in [5.74, 6) is 0.727. The Bertz CT molecular complexity index is 1440. The van der Waals surface area contributed by atoms with E-state index in [9.17, 15) is 4.79 Å². The number of hydrogen-bond donors (Lipinski definition) is 1. The van der Waals surface area contributed by atoms with Crippen LogP contribution in [0.15, 0.2) is 78.1 Å². The van der Waals surface area contributed by atoms with Crippen molar-refractivity contribution < 1.29 is 4.74 Å². The molecule has 4 heterocycles. The average Bonchev–Trinajstić information content (AvgIpc) is 3.17. The highest BCUT2D eigenvalue weighted by Crippen LogP contribution is 2.31. The minimum atomic E-state index is -0.0457. The highest BCUT2D eigenvalue weighted by Gasteiger charge is 2.19. The summed E-state index contributed by atoms with van der Waals surface area (Å²) in [4.78, 5) is 21.7. The first-order valence-corrected chi connectivity index (χ1v) is 12.2. The van der Waals surface area contributed by atoms with Crippen LogP contribution in [0.2, 0.25) is 0 Å². The summed E-state index contributed by atoms with van der Waals surface area (Å²) < 4.78 is 8.07. The van der Waals surface area contributed by atoms with Gasteiger partial charge in [-0.15, -0.1) is 0 Å². The lowest BCUT2D eigenvalue weighted by Gasteiger charge is -2.25. The van der Waals surface area contributed by atoms with Gasteiger partial charge in [-0.2, -0.15) is 0 Å². The minimum absolute atomic E-state index is 0.0457. The van der Waals surface area contributed by atoms with Gasteiger partial charge in [0.2, 0.25) is 11.4 Å². The molecule has 1 aliphatic carbocycles. The summed E-state index contributed by atoms with van der Waals surface area (Å²) in [6.07, 6.45) is 11.3. The second-order valence-corrected chi connectivity index (χ2v) is 8.47. The molecule has 6 rings (SSSR count). The van der Waals surface area contributed by atoms with Crippen molar-refractivity contribution in [3.8, 4) is 17.0 Å². The van der Waals surface area contributed by atoms with Crippen LogP contribution < -0.4 is 10.3 Å². The molecule has 4 aromatic heterocycles. The number of pyridine rings is 3. The van der Waals surface area contributed by atoms with Gasteiger partial charge in [0.05, 0.1) is 5.52 Å². The van der Waals surface area contributed by atoms with Crippen LogP contribution in [0.25, 0.3) is 32.9 Å². The molecule has 0 unspecified atom stereocenters. The van der Waals surface area contributed by atoms with E-state index in [0.29, 0.717) is 6.10 Å². The topological polar surface area (TPSA) is 72.8 Å². The second kappa shape index (κ2) is 11.0. The minimum Gasteiger partial charge on any atom is -0.474 e. The summed E-state index contributed by atoms with van der Waals surface area (Å²) in [6.45, 7) is 5.93. The van der Waals surface area contributed by atoms with Gasteiger partial charge in [-0.25, -0.2) is 4.98 Å². The normalized spacial score (nSPS) is 12.8. The van der Waals surface area contributed by atoms with Crippen molar-refractivity contribution in [3.63, 3.8) is 0 Å². The Morgan fingerprint density at radius 3 is 2.37 bits per heavy atom. The smallest absolute Gasteiger partial charge is 0.247 e. The molecule has 1 N–H and O–H groups in total. The molecular weight excluding hydrogens is 436 g/mol. The van der Waals surface area contributed by atoms with E-state index >= 15 is 0 Å². The largest absolute Gasteiger partial charge is 0.474 e. The molecule has 1 fully saturated rings. The standard InChI is InChI=1S/C21H19N3O.C6H7NO.C2H6/c1-24-19-9-10-22-13-18(19)17-7-5-14(11-20(17)24)15-6-8-21(23-12-15)25-16-3-2-4-16;1-5-2-3-6(8)7-4-5;1-2/h5-13,16H,2-4H2,1H3;2-4H,1H3,(H,7,8);1-2H3. The summed E-state index contributed by atoms with van der Waals surface area (Å²) >= 11 is 0. The molecule has 1 aromatic carbocycles. The maximum atomic E-state index is 10.4. The van der Waals surface area contributed by atoms with Gasteiger partial charge in [0, 0.05) is 65.8 Å². The number of fused-ring (bicyclic) bond motifs is 3. The molecule has 0 atom stereocenters. The number of nitrogens with one attached hydrogen (secondary N) is 1. The number of benzene rings is 1. The van der Waals surface area contributed by atoms with Crippen molar-refractivity contribution in [3.05, 3.63) is 89.2 Å². The lowest BCUT2D eigenvalue weighted by molar-refractivity contribution is 0.114. The second-order valence-electron chi connectivity index (χ2n) is 8.47. The van der Waals surface area contributed by atoms with E-state index in [1.165, 1.54) is 34.3 Å². The number of rotatable bonds is 3. The van der Waals surface area contributed by atoms with E-state index in [1.54, 1.807) is 12.3 Å². The molecule has 0 spiro atoms. The maximum absolute atomic E-state index is 10.4. The van der Waals surface area contributed by atoms with Crippen molar-refractivity contribution in [2.24, 2.45) is 7.05 Å². The molecule has 0 aliphatic heterocycles. The fourth-order valence-electron chi connectivity index (χ4n) is 4.00. The van der Waals surface area contributed by atoms with Crippen LogP contribution in [0.1, 0.15) is 38.7 Å². The third-order valence-corrected chi connectivity index (χ3v) is 6.16. The molecule has 5 aromatic rings. The van der Waals surface area contributed by atoms with Crippen LogP contribution in [0, 0.1) is 6.92 Å². The zero-order valence-electron chi connectivity index (χ0n) is 20.8. The van der Waals surface area contributed by atoms with Crippen LogP contribution in [-0.2, 0) is 7.05 Å². The SMILES string of the molecule is CC.Cc1ccc(=O)[nH]c1.Cn1c2ccncc2c2ccc(-c3ccc(OC4CCC4)nc3)cc21. The predicted molar refractivity (Wildman–Crippen MR) is 143 cm³/mol. The number of hydrogen-bond acceptors (Lipinski definition) is 4. The van der Waals surface area contributed by atoms with Gasteiger partial charge >= 0.3 is 0 Å². The molecular formula is C29H32N4O2. The van der Waals surface area contributed by atoms with Gasteiger partial charge in [0.25, 0.3) is 0 Å². The Kier molecular flexibility index (Phi) is 7.60. The van der Waals surface area contributed by atoms with Crippen LogP contribution in [0.5, 0.6) is 5.88 Å². The van der Waals surface area contributed by atoms with Crippen molar-refractivity contribution in [2.75, 3.05) is 0 Å². The Hall–Kier alpha value is -3.93. The number of ether oxygens (including phenoxy) is 1. The molecule has 0 amide bonds. The van der Waals surface area contributed by atoms with E-state index in [2.05, 4.69) is 56.9 Å². The summed E-state index contributed by atoms with van der Waals surface area (Å²) in [5.41, 5.74) is 5.69. The van der Waals surface area contributed by atoms with Gasteiger partial charge in [-0.1, -0.05) is 32.0 Å². The molecule has 6 nitrogen and oxygen atoms in total. The monoisotopic (exact) mass is 468 g/mol. The van der Waals surface area contributed by atoms with Gasteiger partial charge in [-0.3, -0.25) is 9.78 Å². The molecule has 0 saturated heterocycles. The molecule has 35 heavy (non-hydrogen) atoms. The lowest BCUT2D eigenvalue weighted by Crippen LogP contribution is -2.24. The summed E-state index contributed by atoms with van der Waals surface area (Å²) in [7, 11) is 2.10. The van der Waals surface area contributed by atoms with Gasteiger partial charge in [0.15, 0.2) is 0 Å². The first-order valence-electron chi connectivity index (χ1n) is 12.2. The number of aryl methyl sites for hydroxylation is 2. The number of H-pyrrole nitrogens is 1. The Balaban J connectivity index is 0.000000245. The van der Waals surface area contributed by atoms with E-state index < -0.39 is 0 Å². The van der Waals surface area contributed by atoms with Crippen LogP contribution in [0.4, 0.5) is 0 Å². The van der Waals surface area contributed by atoms with Crippen LogP contribution in [0.3, 0.4) is 0 Å². The average molecular weight is 469 g/mol. The first kappa shape index (κ1) is 24.2. The van der Waals surface area contributed by atoms with E-state index in [-0.39, 0.29) is 5.56 Å². The van der Waals surface area contributed by atoms with Crippen molar-refractivity contribution >= 4 is 21.8 Å². The van der Waals surface area contributed by atoms with Crippen molar-refractivity contribution in [1.82, 2.24) is 19.5 Å². The van der Waals surface area contributed by atoms with E-state index in [0.717, 1.165) is 35.4 Å².